The minimum Gasteiger partial charge on any atom is -0.493 e. The van der Waals surface area contributed by atoms with E-state index >= 15 is 0 Å². The van der Waals surface area contributed by atoms with Crippen molar-refractivity contribution in [3.8, 4) is 11.5 Å². The maximum Gasteiger partial charge on any atom is 0.161 e. The molecule has 1 atom stereocenters. The van der Waals surface area contributed by atoms with Gasteiger partial charge >= 0.3 is 0 Å². The van der Waals surface area contributed by atoms with Gasteiger partial charge in [0.1, 0.15) is 12.7 Å². The lowest BCUT2D eigenvalue weighted by Crippen LogP contribution is -2.41. The molecule has 3 rings (SSSR count). The van der Waals surface area contributed by atoms with Crippen LogP contribution in [0.25, 0.3) is 0 Å². The van der Waals surface area contributed by atoms with Crippen LogP contribution < -0.4 is 14.8 Å². The van der Waals surface area contributed by atoms with Gasteiger partial charge in [-0.2, -0.15) is 0 Å². The minimum absolute atomic E-state index is 0.205. The monoisotopic (exact) mass is 414 g/mol. The molecule has 0 saturated carbocycles. The first-order valence-electron chi connectivity index (χ1n) is 10.7. The Bertz CT molecular complexity index is 791. The molecule has 0 amide bonds. The lowest BCUT2D eigenvalue weighted by Gasteiger charge is -2.30. The molecule has 0 aliphatic carbocycles. The molecule has 3 N–H and O–H groups in total. The van der Waals surface area contributed by atoms with Crippen LogP contribution in [0.15, 0.2) is 42.5 Å². The number of β-amino-alcohol motifs (C(OH)–C–C–N with tert-alkyl or cyclic N) is 1. The van der Waals surface area contributed by atoms with Gasteiger partial charge in [0.15, 0.2) is 11.5 Å². The second kappa shape index (κ2) is 11.3. The van der Waals surface area contributed by atoms with Crippen LogP contribution in [0.2, 0.25) is 0 Å². The number of aliphatic hydroxyl groups excluding tert-OH is 2. The fourth-order valence-electron chi connectivity index (χ4n) is 3.73. The fraction of sp³-hybridized carbons (Fsp3) is 0.500. The van der Waals surface area contributed by atoms with Gasteiger partial charge < -0.3 is 29.9 Å². The topological polar surface area (TPSA) is 74.2 Å². The van der Waals surface area contributed by atoms with E-state index < -0.39 is 6.10 Å². The van der Waals surface area contributed by atoms with Crippen LogP contribution in [-0.4, -0.2) is 60.7 Å². The Morgan fingerprint density at radius 1 is 1.10 bits per heavy atom. The number of nitrogens with one attached hydrogen (secondary N) is 1. The summed E-state index contributed by atoms with van der Waals surface area (Å²) in [5.74, 6) is 1.30. The molecular formula is C24H34N2O4. The third-order valence-electron chi connectivity index (χ3n) is 5.59. The molecule has 0 unspecified atom stereocenters. The number of rotatable bonds is 10. The molecule has 0 aromatic heterocycles. The van der Waals surface area contributed by atoms with Gasteiger partial charge in [0.2, 0.25) is 0 Å². The Morgan fingerprint density at radius 2 is 1.87 bits per heavy atom. The first kappa shape index (κ1) is 22.6. The van der Waals surface area contributed by atoms with Gasteiger partial charge in [0.05, 0.1) is 13.2 Å². The van der Waals surface area contributed by atoms with Crippen LogP contribution in [0.5, 0.6) is 11.5 Å². The molecule has 1 saturated heterocycles. The number of aliphatic hydroxyl groups is 2. The summed E-state index contributed by atoms with van der Waals surface area (Å²) in [6, 6.07) is 14.2. The lowest BCUT2D eigenvalue weighted by molar-refractivity contribution is 0.0333. The van der Waals surface area contributed by atoms with Crippen LogP contribution in [0, 0.1) is 6.92 Å². The first-order valence-corrected chi connectivity index (χ1v) is 10.7. The Labute approximate surface area is 179 Å². The molecule has 2 aromatic rings. The van der Waals surface area contributed by atoms with Gasteiger partial charge in [-0.3, -0.25) is 0 Å². The smallest absolute Gasteiger partial charge is 0.161 e. The number of piperidine rings is 1. The van der Waals surface area contributed by atoms with Crippen molar-refractivity contribution in [1.29, 1.82) is 0 Å². The zero-order valence-electron chi connectivity index (χ0n) is 18.0. The SMILES string of the molecule is COc1cc(CNCc2ccccc2C)ccc1OC[C@H](O)CN1CCC(O)CC1. The summed E-state index contributed by atoms with van der Waals surface area (Å²) in [4.78, 5) is 2.17. The zero-order valence-corrected chi connectivity index (χ0v) is 18.0. The van der Waals surface area contributed by atoms with Crippen molar-refractivity contribution >= 4 is 0 Å². The van der Waals surface area contributed by atoms with Crippen molar-refractivity contribution < 1.29 is 19.7 Å². The van der Waals surface area contributed by atoms with E-state index in [-0.39, 0.29) is 12.7 Å². The molecule has 164 valence electrons. The van der Waals surface area contributed by atoms with Gasteiger partial charge in [-0.1, -0.05) is 30.3 Å². The lowest BCUT2D eigenvalue weighted by atomic mass is 10.1. The van der Waals surface area contributed by atoms with Crippen LogP contribution in [0.4, 0.5) is 0 Å². The number of aryl methyl sites for hydroxylation is 1. The summed E-state index contributed by atoms with van der Waals surface area (Å²) in [6.07, 6.45) is 0.741. The number of methoxy groups -OCH3 is 1. The van der Waals surface area contributed by atoms with E-state index in [1.807, 2.05) is 18.2 Å². The number of hydrogen-bond donors (Lipinski definition) is 3. The molecular weight excluding hydrogens is 380 g/mol. The average Bonchev–Trinajstić information content (AvgIpc) is 2.75. The van der Waals surface area contributed by atoms with Crippen LogP contribution in [0.3, 0.4) is 0 Å². The number of nitrogens with zero attached hydrogens (tertiary/aromatic N) is 1. The maximum absolute atomic E-state index is 10.3. The molecule has 1 fully saturated rings. The van der Waals surface area contributed by atoms with Gasteiger partial charge in [0.25, 0.3) is 0 Å². The quantitative estimate of drug-likeness (QED) is 0.555. The maximum atomic E-state index is 10.3. The summed E-state index contributed by atoms with van der Waals surface area (Å²) >= 11 is 0. The minimum atomic E-state index is -0.583. The highest BCUT2D eigenvalue weighted by atomic mass is 16.5. The van der Waals surface area contributed by atoms with Gasteiger partial charge in [-0.25, -0.2) is 0 Å². The van der Waals surface area contributed by atoms with E-state index in [1.54, 1.807) is 7.11 Å². The van der Waals surface area contributed by atoms with E-state index in [0.717, 1.165) is 44.6 Å². The Balaban J connectivity index is 1.47. The van der Waals surface area contributed by atoms with Crippen molar-refractivity contribution in [2.24, 2.45) is 0 Å². The van der Waals surface area contributed by atoms with E-state index in [2.05, 4.69) is 41.4 Å². The molecule has 0 radical (unpaired) electrons. The Kier molecular flexibility index (Phi) is 8.51. The Morgan fingerprint density at radius 3 is 2.60 bits per heavy atom. The van der Waals surface area contributed by atoms with Crippen LogP contribution >= 0.6 is 0 Å². The van der Waals surface area contributed by atoms with E-state index in [9.17, 15) is 10.2 Å². The summed E-state index contributed by atoms with van der Waals surface area (Å²) < 4.78 is 11.3. The standard InChI is InChI=1S/C24H34N2O4/c1-18-5-3-4-6-20(18)15-25-14-19-7-8-23(24(13-19)29-2)30-17-22(28)16-26-11-9-21(27)10-12-26/h3-8,13,21-22,25,27-28H,9-12,14-17H2,1-2H3/t22-/m1/s1. The molecule has 1 aliphatic heterocycles. The summed E-state index contributed by atoms with van der Waals surface area (Å²) in [5.41, 5.74) is 3.69. The van der Waals surface area contributed by atoms with E-state index in [1.165, 1.54) is 11.1 Å². The zero-order chi connectivity index (χ0) is 21.3. The highest BCUT2D eigenvalue weighted by Crippen LogP contribution is 2.28. The number of likely N-dealkylation sites (tertiary alicyclic amines) is 1. The van der Waals surface area contributed by atoms with E-state index in [4.69, 9.17) is 9.47 Å². The first-order chi connectivity index (χ1) is 14.5. The largest absolute Gasteiger partial charge is 0.493 e. The summed E-state index contributed by atoms with van der Waals surface area (Å²) in [5, 5.41) is 23.4. The van der Waals surface area contributed by atoms with Crippen molar-refractivity contribution in [2.45, 2.75) is 45.1 Å². The third kappa shape index (κ3) is 6.71. The molecule has 2 aromatic carbocycles. The van der Waals surface area contributed by atoms with Crippen molar-refractivity contribution in [1.82, 2.24) is 10.2 Å². The van der Waals surface area contributed by atoms with Crippen molar-refractivity contribution in [3.63, 3.8) is 0 Å². The second-order valence-electron chi connectivity index (χ2n) is 8.01. The number of benzene rings is 2. The van der Waals surface area contributed by atoms with Crippen molar-refractivity contribution in [2.75, 3.05) is 33.4 Å². The molecule has 0 spiro atoms. The fourth-order valence-corrected chi connectivity index (χ4v) is 3.73. The molecule has 0 bridgehead atoms. The molecule has 30 heavy (non-hydrogen) atoms. The summed E-state index contributed by atoms with van der Waals surface area (Å²) in [7, 11) is 1.63. The van der Waals surface area contributed by atoms with E-state index in [0.29, 0.717) is 18.0 Å². The normalized spacial score (nSPS) is 16.4. The predicted molar refractivity (Wildman–Crippen MR) is 118 cm³/mol. The van der Waals surface area contributed by atoms with Crippen LogP contribution in [0.1, 0.15) is 29.5 Å². The predicted octanol–water partition coefficient (Wildman–Crippen LogP) is 2.49. The van der Waals surface area contributed by atoms with Gasteiger partial charge in [0, 0.05) is 32.7 Å². The van der Waals surface area contributed by atoms with Gasteiger partial charge in [-0.15, -0.1) is 0 Å². The number of hydrogen-bond acceptors (Lipinski definition) is 6. The molecule has 1 heterocycles. The summed E-state index contributed by atoms with van der Waals surface area (Å²) in [6.45, 7) is 6.05. The van der Waals surface area contributed by atoms with Crippen LogP contribution in [-0.2, 0) is 13.1 Å². The highest BCUT2D eigenvalue weighted by Gasteiger charge is 2.20. The van der Waals surface area contributed by atoms with Gasteiger partial charge in [-0.05, 0) is 48.6 Å². The molecule has 6 nitrogen and oxygen atoms in total. The highest BCUT2D eigenvalue weighted by molar-refractivity contribution is 5.43. The average molecular weight is 415 g/mol. The number of ether oxygens (including phenoxy) is 2. The molecule has 1 aliphatic rings. The van der Waals surface area contributed by atoms with Crippen molar-refractivity contribution in [3.05, 3.63) is 59.2 Å². The molecule has 6 heteroatoms. The third-order valence-corrected chi connectivity index (χ3v) is 5.59. The Hall–Kier alpha value is -2.12. The second-order valence-corrected chi connectivity index (χ2v) is 8.01.